The van der Waals surface area contributed by atoms with E-state index in [4.69, 9.17) is 20.0 Å². The highest BCUT2D eigenvalue weighted by Crippen LogP contribution is 2.34. The quantitative estimate of drug-likeness (QED) is 0.468. The highest BCUT2D eigenvalue weighted by molar-refractivity contribution is 5.86. The van der Waals surface area contributed by atoms with Crippen molar-refractivity contribution in [2.45, 2.75) is 45.6 Å². The highest BCUT2D eigenvalue weighted by atomic mass is 16.5. The molecule has 0 radical (unpaired) electrons. The minimum absolute atomic E-state index is 0.192. The molecule has 41 heavy (non-hydrogen) atoms. The fourth-order valence-electron chi connectivity index (χ4n) is 5.42. The van der Waals surface area contributed by atoms with Gasteiger partial charge in [0.1, 0.15) is 11.8 Å². The van der Waals surface area contributed by atoms with E-state index in [1.807, 2.05) is 13.8 Å². The molecule has 2 N–H and O–H groups in total. The number of nitriles is 2. The number of ether oxygens (including phenoxy) is 1. The first-order valence-corrected chi connectivity index (χ1v) is 13.4. The molecular weight excluding hydrogens is 522 g/mol. The molecule has 0 saturated carbocycles. The molecule has 3 heterocycles. The van der Waals surface area contributed by atoms with Crippen LogP contribution in [0.3, 0.4) is 0 Å². The van der Waals surface area contributed by atoms with Gasteiger partial charge in [-0.15, -0.1) is 0 Å². The number of aryl methyl sites for hydroxylation is 2. The molecule has 2 aliphatic heterocycles. The van der Waals surface area contributed by atoms with Crippen LogP contribution in [0.15, 0.2) is 36.4 Å². The number of hydrogen-bond donors (Lipinski definition) is 2. The molecule has 11 nitrogen and oxygen atoms in total. The summed E-state index contributed by atoms with van der Waals surface area (Å²) in [6.45, 7) is 4.86. The van der Waals surface area contributed by atoms with E-state index in [2.05, 4.69) is 17.5 Å². The van der Waals surface area contributed by atoms with E-state index in [1.54, 1.807) is 41.3 Å². The van der Waals surface area contributed by atoms with Gasteiger partial charge in [-0.25, -0.2) is 9.78 Å². The molecule has 0 spiro atoms. The summed E-state index contributed by atoms with van der Waals surface area (Å²) in [6.07, 6.45) is 0.966. The normalized spacial score (nSPS) is 16.2. The zero-order chi connectivity index (χ0) is 29.1. The molecule has 2 aliphatic rings. The largest absolute Gasteiger partial charge is 0.465 e. The van der Waals surface area contributed by atoms with Crippen molar-refractivity contribution in [3.8, 4) is 23.8 Å². The second kappa shape index (κ2) is 11.5. The lowest BCUT2D eigenvalue weighted by Crippen LogP contribution is -2.48. The van der Waals surface area contributed by atoms with E-state index in [1.165, 1.54) is 4.90 Å². The summed E-state index contributed by atoms with van der Waals surface area (Å²) in [6, 6.07) is 14.0. The summed E-state index contributed by atoms with van der Waals surface area (Å²) in [7, 11) is 0. The van der Waals surface area contributed by atoms with Gasteiger partial charge in [-0.2, -0.15) is 15.5 Å². The fraction of sp³-hybridized carbons (Fsp3) is 0.333. The van der Waals surface area contributed by atoms with Gasteiger partial charge in [0.05, 0.1) is 29.0 Å². The number of carboxylic acid groups (broad SMARTS) is 1. The predicted octanol–water partition coefficient (Wildman–Crippen LogP) is 4.44. The molecule has 1 atom stereocenters. The van der Waals surface area contributed by atoms with Crippen LogP contribution in [0.1, 0.15) is 46.4 Å². The Morgan fingerprint density at radius 1 is 1.00 bits per heavy atom. The van der Waals surface area contributed by atoms with Crippen LogP contribution in [0.25, 0.3) is 0 Å². The van der Waals surface area contributed by atoms with Gasteiger partial charge in [0.15, 0.2) is 0 Å². The molecule has 2 amide bonds. The number of carbonyl (C=O) groups excluding carboxylic acids is 1. The lowest BCUT2D eigenvalue weighted by Gasteiger charge is -2.28. The number of nitrogens with zero attached hydrogens (tertiary/aromatic N) is 6. The topological polar surface area (TPSA) is 155 Å². The number of carbonyl (C=O) groups is 2. The maximum atomic E-state index is 13.4. The molecule has 208 valence electrons. The lowest BCUT2D eigenvalue weighted by molar-refractivity contribution is -0.135. The molecule has 1 fully saturated rings. The molecule has 0 unspecified atom stereocenters. The number of amides is 2. The van der Waals surface area contributed by atoms with Gasteiger partial charge in [-0.1, -0.05) is 0 Å². The predicted molar refractivity (Wildman–Crippen MR) is 149 cm³/mol. The zero-order valence-electron chi connectivity index (χ0n) is 22.8. The third kappa shape index (κ3) is 5.75. The third-order valence-corrected chi connectivity index (χ3v) is 7.46. The first-order chi connectivity index (χ1) is 19.8. The van der Waals surface area contributed by atoms with Crippen LogP contribution < -0.4 is 10.1 Å². The average molecular weight is 552 g/mol. The summed E-state index contributed by atoms with van der Waals surface area (Å²) in [5.74, 6) is 1.06. The number of aromatic nitrogens is 2. The standard InChI is InChI=1S/C30H29N7O4/c1-18-14-21(17-32)15-19(2)26(18)41-27-23-9-12-36(28(38)25-4-3-11-37(25)30(39)40)13-10-24(23)34-29(35-27)33-22-7-5-20(16-31)6-8-22/h5-8,14-15,25H,3-4,9-13H2,1-2H3,(H,39,40)(H,33,34,35)/t25-/m0/s1. The minimum Gasteiger partial charge on any atom is -0.465 e. The van der Waals surface area contributed by atoms with Crippen LogP contribution in [-0.2, 0) is 17.6 Å². The van der Waals surface area contributed by atoms with Gasteiger partial charge in [-0.05, 0) is 80.6 Å². The zero-order valence-corrected chi connectivity index (χ0v) is 22.8. The first kappa shape index (κ1) is 27.4. The minimum atomic E-state index is -1.08. The van der Waals surface area contributed by atoms with Crippen LogP contribution in [0.4, 0.5) is 16.4 Å². The van der Waals surface area contributed by atoms with E-state index in [9.17, 15) is 20.0 Å². The molecule has 0 aliphatic carbocycles. The fourth-order valence-corrected chi connectivity index (χ4v) is 5.42. The maximum Gasteiger partial charge on any atom is 0.407 e. The van der Waals surface area contributed by atoms with E-state index in [0.717, 1.165) is 22.4 Å². The Morgan fingerprint density at radius 3 is 2.34 bits per heavy atom. The second-order valence-corrected chi connectivity index (χ2v) is 10.2. The lowest BCUT2D eigenvalue weighted by atomic mass is 10.1. The van der Waals surface area contributed by atoms with Crippen LogP contribution in [-0.4, -0.2) is 62.6 Å². The Kier molecular flexibility index (Phi) is 7.70. The SMILES string of the molecule is Cc1cc(C#N)cc(C)c1Oc1nc(Nc2ccc(C#N)cc2)nc2c1CCN(C(=O)[C@@H]1CCCN1C(=O)O)CC2. The van der Waals surface area contributed by atoms with Crippen LogP contribution in [0, 0.1) is 36.5 Å². The van der Waals surface area contributed by atoms with Gasteiger partial charge >= 0.3 is 6.09 Å². The molecule has 3 aromatic rings. The number of hydrogen-bond acceptors (Lipinski definition) is 8. The van der Waals surface area contributed by atoms with E-state index < -0.39 is 12.1 Å². The van der Waals surface area contributed by atoms with Crippen molar-refractivity contribution in [3.63, 3.8) is 0 Å². The van der Waals surface area contributed by atoms with Crippen molar-refractivity contribution >= 4 is 23.6 Å². The van der Waals surface area contributed by atoms with Crippen molar-refractivity contribution in [1.82, 2.24) is 19.8 Å². The molecule has 1 aromatic heterocycles. The van der Waals surface area contributed by atoms with Gasteiger partial charge < -0.3 is 20.1 Å². The Morgan fingerprint density at radius 2 is 1.68 bits per heavy atom. The van der Waals surface area contributed by atoms with Crippen LogP contribution in [0.2, 0.25) is 0 Å². The number of fused-ring (bicyclic) bond motifs is 1. The number of benzene rings is 2. The number of rotatable bonds is 5. The van der Waals surface area contributed by atoms with Gasteiger partial charge in [0.2, 0.25) is 17.7 Å². The van der Waals surface area contributed by atoms with E-state index in [-0.39, 0.29) is 5.91 Å². The number of likely N-dealkylation sites (tertiary alicyclic amines) is 1. The molecule has 11 heteroatoms. The smallest absolute Gasteiger partial charge is 0.407 e. The van der Waals surface area contributed by atoms with Gasteiger partial charge in [-0.3, -0.25) is 9.69 Å². The number of anilines is 2. The van der Waals surface area contributed by atoms with E-state index in [0.29, 0.717) is 79.7 Å². The summed E-state index contributed by atoms with van der Waals surface area (Å²) >= 11 is 0. The Balaban J connectivity index is 1.48. The summed E-state index contributed by atoms with van der Waals surface area (Å²) < 4.78 is 6.42. The molecule has 5 rings (SSSR count). The molecule has 1 saturated heterocycles. The van der Waals surface area contributed by atoms with Gasteiger partial charge in [0, 0.05) is 37.3 Å². The van der Waals surface area contributed by atoms with Gasteiger partial charge in [0.25, 0.3) is 0 Å². The summed E-state index contributed by atoms with van der Waals surface area (Å²) in [5.41, 5.74) is 4.84. The molecule has 0 bridgehead atoms. The molecule has 2 aromatic carbocycles. The Hall–Kier alpha value is -5.16. The van der Waals surface area contributed by atoms with Crippen molar-refractivity contribution < 1.29 is 19.4 Å². The Bertz CT molecular complexity index is 1570. The van der Waals surface area contributed by atoms with Crippen LogP contribution in [0.5, 0.6) is 11.6 Å². The highest BCUT2D eigenvalue weighted by Gasteiger charge is 2.37. The first-order valence-electron chi connectivity index (χ1n) is 13.4. The summed E-state index contributed by atoms with van der Waals surface area (Å²) in [5, 5.41) is 31.2. The Labute approximate surface area is 237 Å². The van der Waals surface area contributed by atoms with Crippen molar-refractivity contribution in [2.24, 2.45) is 0 Å². The summed E-state index contributed by atoms with van der Waals surface area (Å²) in [4.78, 5) is 37.5. The van der Waals surface area contributed by atoms with Crippen molar-refractivity contribution in [1.29, 1.82) is 10.5 Å². The maximum absolute atomic E-state index is 13.4. The van der Waals surface area contributed by atoms with Crippen LogP contribution >= 0.6 is 0 Å². The molecular formula is C30H29N7O4. The average Bonchev–Trinajstić information content (AvgIpc) is 3.36. The third-order valence-electron chi connectivity index (χ3n) is 7.46. The van der Waals surface area contributed by atoms with Crippen molar-refractivity contribution in [2.75, 3.05) is 25.0 Å². The monoisotopic (exact) mass is 551 g/mol. The van der Waals surface area contributed by atoms with Crippen molar-refractivity contribution in [3.05, 3.63) is 69.9 Å². The van der Waals surface area contributed by atoms with E-state index >= 15 is 0 Å². The second-order valence-electron chi connectivity index (χ2n) is 10.2. The number of nitrogens with one attached hydrogen (secondary N) is 1.